The van der Waals surface area contributed by atoms with Gasteiger partial charge in [-0.25, -0.2) is 17.5 Å². The Balaban J connectivity index is 1.40. The van der Waals surface area contributed by atoms with Crippen molar-refractivity contribution in [1.29, 1.82) is 0 Å². The summed E-state index contributed by atoms with van der Waals surface area (Å²) in [6.45, 7) is 8.95. The zero-order valence-corrected chi connectivity index (χ0v) is 23.5. The summed E-state index contributed by atoms with van der Waals surface area (Å²) >= 11 is 0. The number of carbonyl (C=O) groups excluding carboxylic acids is 2. The molecule has 3 atom stereocenters. The lowest BCUT2D eigenvalue weighted by Crippen LogP contribution is -2.51. The first kappa shape index (κ1) is 27.6. The number of nitrogens with two attached hydrogens (primary N) is 1. The van der Waals surface area contributed by atoms with E-state index in [9.17, 15) is 18.0 Å². The SMILES string of the molecule is Cc1cc(N(C)C(N)=O)cc(C)c1CCS(=O)(=O)N1CCC2(CC1)N=C(C1C[C@@H](C)C[C@@H](C)C1)NC2=O. The zero-order valence-electron chi connectivity index (χ0n) is 22.7. The number of primary amides is 1. The fraction of sp³-hybridized carbons (Fsp3) is 0.667. The average Bonchev–Trinajstić information content (AvgIpc) is 3.13. The van der Waals surface area contributed by atoms with Crippen LogP contribution in [0.5, 0.6) is 0 Å². The molecule has 2 aliphatic heterocycles. The molecule has 10 heteroatoms. The minimum Gasteiger partial charge on any atom is -0.351 e. The molecular weight excluding hydrogens is 490 g/mol. The molecule has 0 radical (unpaired) electrons. The number of nitrogens with one attached hydrogen (secondary N) is 1. The third kappa shape index (κ3) is 5.70. The second-order valence-electron chi connectivity index (χ2n) is 11.5. The first-order chi connectivity index (χ1) is 17.3. The minimum atomic E-state index is -3.50. The quantitative estimate of drug-likeness (QED) is 0.585. The van der Waals surface area contributed by atoms with Gasteiger partial charge in [0.1, 0.15) is 11.4 Å². The Bertz CT molecular complexity index is 1170. The number of anilines is 1. The van der Waals surface area contributed by atoms with Gasteiger partial charge in [0.2, 0.25) is 10.0 Å². The van der Waals surface area contributed by atoms with Crippen molar-refractivity contribution in [3.05, 3.63) is 28.8 Å². The molecule has 2 heterocycles. The van der Waals surface area contributed by atoms with E-state index in [4.69, 9.17) is 10.7 Å². The van der Waals surface area contributed by atoms with Gasteiger partial charge in [-0.3, -0.25) is 14.7 Å². The molecule has 3 amide bonds. The third-order valence-corrected chi connectivity index (χ3v) is 10.4. The van der Waals surface area contributed by atoms with Crippen molar-refractivity contribution in [1.82, 2.24) is 9.62 Å². The van der Waals surface area contributed by atoms with Crippen LogP contribution >= 0.6 is 0 Å². The van der Waals surface area contributed by atoms with Gasteiger partial charge in [-0.15, -0.1) is 0 Å². The number of sulfonamides is 1. The molecule has 3 N–H and O–H groups in total. The lowest BCUT2D eigenvalue weighted by atomic mass is 9.76. The lowest BCUT2D eigenvalue weighted by molar-refractivity contribution is -0.125. The molecule has 4 rings (SSSR count). The van der Waals surface area contributed by atoms with Crippen LogP contribution in [0.15, 0.2) is 17.1 Å². The lowest BCUT2D eigenvalue weighted by Gasteiger charge is -2.35. The Labute approximate surface area is 220 Å². The largest absolute Gasteiger partial charge is 0.351 e. The number of carbonyl (C=O) groups is 2. The van der Waals surface area contributed by atoms with E-state index >= 15 is 0 Å². The van der Waals surface area contributed by atoms with Crippen LogP contribution in [0.25, 0.3) is 0 Å². The molecule has 1 unspecified atom stereocenters. The first-order valence-electron chi connectivity index (χ1n) is 13.3. The summed E-state index contributed by atoms with van der Waals surface area (Å²) < 4.78 is 28.0. The van der Waals surface area contributed by atoms with Crippen molar-refractivity contribution in [2.75, 3.05) is 30.8 Å². The van der Waals surface area contributed by atoms with Crippen molar-refractivity contribution in [3.63, 3.8) is 0 Å². The maximum Gasteiger partial charge on any atom is 0.318 e. The van der Waals surface area contributed by atoms with Gasteiger partial charge in [0.15, 0.2) is 0 Å². The number of amidine groups is 1. The topological polar surface area (TPSA) is 125 Å². The minimum absolute atomic E-state index is 0.00868. The second kappa shape index (κ2) is 10.4. The summed E-state index contributed by atoms with van der Waals surface area (Å²) in [6, 6.07) is 3.16. The summed E-state index contributed by atoms with van der Waals surface area (Å²) in [5, 5.41) is 3.07. The summed E-state index contributed by atoms with van der Waals surface area (Å²) in [4.78, 5) is 30.8. The molecular formula is C27H41N5O4S. The van der Waals surface area contributed by atoms with Crippen molar-refractivity contribution in [2.45, 2.75) is 71.8 Å². The normalized spacial score (nSPS) is 26.1. The number of urea groups is 1. The van der Waals surface area contributed by atoms with E-state index in [1.54, 1.807) is 7.05 Å². The van der Waals surface area contributed by atoms with Gasteiger partial charge >= 0.3 is 6.03 Å². The Morgan fingerprint density at radius 2 is 1.70 bits per heavy atom. The van der Waals surface area contributed by atoms with Gasteiger partial charge in [0.05, 0.1) is 5.75 Å². The van der Waals surface area contributed by atoms with Gasteiger partial charge in [-0.2, -0.15) is 0 Å². The van der Waals surface area contributed by atoms with Crippen LogP contribution in [0, 0.1) is 31.6 Å². The van der Waals surface area contributed by atoms with E-state index in [1.165, 1.54) is 15.6 Å². The van der Waals surface area contributed by atoms with Gasteiger partial charge < -0.3 is 11.1 Å². The Morgan fingerprint density at radius 3 is 2.24 bits per heavy atom. The van der Waals surface area contributed by atoms with E-state index in [2.05, 4.69) is 19.2 Å². The molecule has 204 valence electrons. The van der Waals surface area contributed by atoms with Crippen molar-refractivity contribution < 1.29 is 18.0 Å². The maximum atomic E-state index is 13.2. The molecule has 0 aromatic heterocycles. The van der Waals surface area contributed by atoms with E-state index < -0.39 is 21.6 Å². The standard InChI is InChI=1S/C27H41N5O4S/c1-17-12-18(2)14-21(13-17)24-29-25(33)27(30-24)7-9-32(10-8-27)37(35,36)11-6-23-19(3)15-22(16-20(23)4)31(5)26(28)34/h15-18,21H,6-14H2,1-5H3,(H2,28,34)(H,29,30,33)/t17-,18+,21?. The van der Waals surface area contributed by atoms with Gasteiger partial charge in [-0.05, 0) is 93.0 Å². The van der Waals surface area contributed by atoms with Crippen LogP contribution in [0.3, 0.4) is 0 Å². The van der Waals surface area contributed by atoms with Crippen molar-refractivity contribution in [3.8, 4) is 0 Å². The average molecular weight is 532 g/mol. The smallest absolute Gasteiger partial charge is 0.318 e. The van der Waals surface area contributed by atoms with Gasteiger partial charge in [0, 0.05) is 31.7 Å². The highest BCUT2D eigenvalue weighted by Gasteiger charge is 2.48. The third-order valence-electron chi connectivity index (χ3n) is 8.52. The highest BCUT2D eigenvalue weighted by molar-refractivity contribution is 7.89. The van der Waals surface area contributed by atoms with E-state index in [0.717, 1.165) is 35.4 Å². The summed E-state index contributed by atoms with van der Waals surface area (Å²) in [5.41, 5.74) is 8.04. The Kier molecular flexibility index (Phi) is 7.72. The molecule has 9 nitrogen and oxygen atoms in total. The number of aryl methyl sites for hydroxylation is 2. The zero-order chi connectivity index (χ0) is 27.1. The maximum absolute atomic E-state index is 13.2. The molecule has 2 fully saturated rings. The van der Waals surface area contributed by atoms with Crippen LogP contribution in [0.2, 0.25) is 0 Å². The number of rotatable bonds is 6. The predicted molar refractivity (Wildman–Crippen MR) is 146 cm³/mol. The summed E-state index contributed by atoms with van der Waals surface area (Å²) in [5.74, 6) is 2.25. The van der Waals surface area contributed by atoms with E-state index in [1.807, 2.05) is 26.0 Å². The molecule has 1 aromatic carbocycles. The molecule has 1 saturated heterocycles. The van der Waals surface area contributed by atoms with Crippen LogP contribution in [0.1, 0.15) is 62.6 Å². The highest BCUT2D eigenvalue weighted by atomic mass is 32.2. The number of hydrogen-bond acceptors (Lipinski definition) is 5. The number of hydrogen-bond donors (Lipinski definition) is 2. The number of benzene rings is 1. The monoisotopic (exact) mass is 531 g/mol. The number of piperidine rings is 1. The van der Waals surface area contributed by atoms with Crippen molar-refractivity contribution in [2.24, 2.45) is 28.5 Å². The van der Waals surface area contributed by atoms with Crippen LogP contribution in [-0.2, 0) is 21.2 Å². The Morgan fingerprint density at radius 1 is 1.14 bits per heavy atom. The van der Waals surface area contributed by atoms with E-state index in [-0.39, 0.29) is 17.6 Å². The fourth-order valence-corrected chi connectivity index (χ4v) is 7.88. The molecule has 1 spiro atoms. The molecule has 3 aliphatic rings. The molecule has 1 saturated carbocycles. The van der Waals surface area contributed by atoms with Gasteiger partial charge in [-0.1, -0.05) is 13.8 Å². The number of aliphatic imine (C=N–C) groups is 1. The van der Waals surface area contributed by atoms with E-state index in [0.29, 0.717) is 49.9 Å². The molecule has 0 bridgehead atoms. The second-order valence-corrected chi connectivity index (χ2v) is 13.6. The van der Waals surface area contributed by atoms with Gasteiger partial charge in [0.25, 0.3) is 5.91 Å². The van der Waals surface area contributed by atoms with Crippen LogP contribution in [-0.4, -0.2) is 61.9 Å². The van der Waals surface area contributed by atoms with Crippen LogP contribution < -0.4 is 16.0 Å². The highest BCUT2D eigenvalue weighted by Crippen LogP contribution is 2.38. The number of nitrogens with zero attached hydrogens (tertiary/aromatic N) is 3. The number of amides is 3. The van der Waals surface area contributed by atoms with Crippen LogP contribution in [0.4, 0.5) is 10.5 Å². The summed E-state index contributed by atoms with van der Waals surface area (Å²) in [7, 11) is -1.89. The summed E-state index contributed by atoms with van der Waals surface area (Å²) in [6.07, 6.45) is 4.49. The first-order valence-corrected chi connectivity index (χ1v) is 14.9. The predicted octanol–water partition coefficient (Wildman–Crippen LogP) is 3.13. The molecule has 1 aromatic rings. The molecule has 1 aliphatic carbocycles. The van der Waals surface area contributed by atoms with Crippen molar-refractivity contribution >= 4 is 33.5 Å². The molecule has 37 heavy (non-hydrogen) atoms. The Hall–Kier alpha value is -2.46. The fourth-order valence-electron chi connectivity index (χ4n) is 6.42.